The summed E-state index contributed by atoms with van der Waals surface area (Å²) < 4.78 is 26.1. The van der Waals surface area contributed by atoms with E-state index in [9.17, 15) is 13.2 Å². The number of hydrogen-bond donors (Lipinski definition) is 2. The van der Waals surface area contributed by atoms with Gasteiger partial charge in [0.25, 0.3) is 5.91 Å². The molecule has 142 valence electrons. The Balaban J connectivity index is 2.32. The molecule has 8 nitrogen and oxygen atoms in total. The molecule has 0 fully saturated rings. The van der Waals surface area contributed by atoms with Crippen molar-refractivity contribution in [2.24, 2.45) is 23.5 Å². The van der Waals surface area contributed by atoms with Gasteiger partial charge in [-0.15, -0.1) is 0 Å². The van der Waals surface area contributed by atoms with Gasteiger partial charge in [-0.05, 0) is 37.1 Å². The first-order chi connectivity index (χ1) is 12.6. The van der Waals surface area contributed by atoms with Gasteiger partial charge in [0.1, 0.15) is 5.82 Å². The molecule has 3 rings (SSSR count). The summed E-state index contributed by atoms with van der Waals surface area (Å²) in [6, 6.07) is 7.37. The van der Waals surface area contributed by atoms with Crippen molar-refractivity contribution in [1.29, 1.82) is 0 Å². The first-order valence-corrected chi connectivity index (χ1v) is 10.1. The number of amides is 1. The lowest BCUT2D eigenvalue weighted by atomic mass is 9.89. The normalized spacial score (nSPS) is 20.1. The molecule has 1 aromatic carbocycles. The van der Waals surface area contributed by atoms with E-state index in [-0.39, 0.29) is 18.0 Å². The van der Waals surface area contributed by atoms with Crippen LogP contribution in [-0.2, 0) is 26.4 Å². The Morgan fingerprint density at radius 2 is 1.96 bits per heavy atom. The number of fused-ring (bicyclic) bond motifs is 1. The minimum absolute atomic E-state index is 0.145. The number of hydrogen-bond acceptors (Lipinski definition) is 4. The highest BCUT2D eigenvalue weighted by Crippen LogP contribution is 2.41. The van der Waals surface area contributed by atoms with Crippen LogP contribution in [0.3, 0.4) is 0 Å². The molecule has 27 heavy (non-hydrogen) atoms. The molecule has 9 heteroatoms. The zero-order valence-corrected chi connectivity index (χ0v) is 16.1. The van der Waals surface area contributed by atoms with Gasteiger partial charge in [0.15, 0.2) is 20.5 Å². The Kier molecular flexibility index (Phi) is 4.43. The largest absolute Gasteiger partial charge is 0.370 e. The van der Waals surface area contributed by atoms with Crippen LogP contribution in [0.2, 0.25) is 0 Å². The Bertz CT molecular complexity index is 1140. The van der Waals surface area contributed by atoms with Crippen molar-refractivity contribution in [3.8, 4) is 0 Å². The number of guanidine groups is 1. The van der Waals surface area contributed by atoms with Crippen LogP contribution in [0.5, 0.6) is 0 Å². The van der Waals surface area contributed by atoms with Gasteiger partial charge >= 0.3 is 0 Å². The molecule has 0 saturated heterocycles. The lowest BCUT2D eigenvalue weighted by molar-refractivity contribution is -0.114. The summed E-state index contributed by atoms with van der Waals surface area (Å²) in [6.45, 7) is 1.72. The average Bonchev–Trinajstić information content (AvgIpc) is 2.91. The van der Waals surface area contributed by atoms with Gasteiger partial charge in [-0.25, -0.2) is 13.4 Å². The molecule has 1 heterocycles. The number of allylic oxidation sites excluding steroid dienone is 1. The smallest absolute Gasteiger partial charge is 0.280 e. The maximum Gasteiger partial charge on any atom is 0.280 e. The van der Waals surface area contributed by atoms with Crippen LogP contribution in [0.1, 0.15) is 19.2 Å². The molecule has 1 atom stereocenters. The van der Waals surface area contributed by atoms with Crippen LogP contribution >= 0.6 is 0 Å². The maximum atomic E-state index is 12.9. The Morgan fingerprint density at radius 1 is 1.30 bits per heavy atom. The first kappa shape index (κ1) is 18.8. The summed E-state index contributed by atoms with van der Waals surface area (Å²) in [4.78, 5) is 20.6. The van der Waals surface area contributed by atoms with E-state index in [1.807, 2.05) is 24.3 Å². The van der Waals surface area contributed by atoms with Crippen LogP contribution < -0.4 is 11.5 Å². The quantitative estimate of drug-likeness (QED) is 0.593. The molecule has 1 unspecified atom stereocenters. The molecule has 1 aromatic heterocycles. The van der Waals surface area contributed by atoms with Crippen LogP contribution in [0.15, 0.2) is 52.6 Å². The highest BCUT2D eigenvalue weighted by atomic mass is 32.2. The lowest BCUT2D eigenvalue weighted by Crippen LogP contribution is -2.38. The Hall–Kier alpha value is -2.94. The number of carbonyl (C=O) groups excluding carboxylic acids is 1. The second-order valence-corrected chi connectivity index (χ2v) is 8.91. The third-order valence-corrected chi connectivity index (χ3v) is 6.59. The fourth-order valence-corrected chi connectivity index (χ4v) is 4.56. The lowest BCUT2D eigenvalue weighted by Gasteiger charge is -2.31. The second kappa shape index (κ2) is 6.34. The number of sulfone groups is 1. The van der Waals surface area contributed by atoms with Gasteiger partial charge in [-0.1, -0.05) is 18.2 Å². The van der Waals surface area contributed by atoms with Gasteiger partial charge in [0.2, 0.25) is 0 Å². The van der Waals surface area contributed by atoms with Crippen molar-refractivity contribution in [2.75, 3.05) is 6.26 Å². The highest BCUT2D eigenvalue weighted by Gasteiger charge is 2.46. The summed E-state index contributed by atoms with van der Waals surface area (Å²) >= 11 is 0. The minimum atomic E-state index is -3.70. The highest BCUT2D eigenvalue weighted by molar-refractivity contribution is 7.91. The van der Waals surface area contributed by atoms with Gasteiger partial charge in [-0.3, -0.25) is 4.79 Å². The fourth-order valence-electron chi connectivity index (χ4n) is 3.33. The molecule has 2 aromatic rings. The number of aliphatic imine (C=N–C) groups is 1. The molecule has 0 aliphatic heterocycles. The van der Waals surface area contributed by atoms with Gasteiger partial charge in [0, 0.05) is 18.9 Å². The third kappa shape index (κ3) is 3.03. The number of nitrogens with zero attached hydrogens (tertiary/aromatic N) is 3. The standard InChI is InChI=1S/C18H21N5O3S/c1-11-8-9-18(27(3,25)26,10-12(11)15(24)22-17(19)20)16-21-13-6-4-5-7-14(13)23(16)2/h4-8,10H,9H2,1-3H3,(H4,19,20,22,24). The van der Waals surface area contributed by atoms with Crippen LogP contribution in [-0.4, -0.2) is 36.1 Å². The second-order valence-electron chi connectivity index (χ2n) is 6.64. The summed E-state index contributed by atoms with van der Waals surface area (Å²) in [5.74, 6) is -0.729. The molecule has 1 aliphatic rings. The third-order valence-electron chi connectivity index (χ3n) is 4.80. The van der Waals surface area contributed by atoms with Crippen molar-refractivity contribution < 1.29 is 13.2 Å². The molecule has 0 spiro atoms. The van der Waals surface area contributed by atoms with E-state index in [2.05, 4.69) is 9.98 Å². The summed E-state index contributed by atoms with van der Waals surface area (Å²) in [5.41, 5.74) is 12.9. The molecule has 1 amide bonds. The number of carbonyl (C=O) groups is 1. The summed E-state index contributed by atoms with van der Waals surface area (Å²) in [5, 5.41) is 0. The minimum Gasteiger partial charge on any atom is -0.370 e. The van der Waals surface area contributed by atoms with Crippen LogP contribution in [0.4, 0.5) is 0 Å². The molecular formula is C18H21N5O3S. The molecule has 0 saturated carbocycles. The van der Waals surface area contributed by atoms with Gasteiger partial charge < -0.3 is 16.0 Å². The van der Waals surface area contributed by atoms with E-state index in [1.54, 1.807) is 24.6 Å². The Labute approximate surface area is 157 Å². The molecule has 4 N–H and O–H groups in total. The van der Waals surface area contributed by atoms with E-state index in [0.717, 1.165) is 11.8 Å². The predicted molar refractivity (Wildman–Crippen MR) is 105 cm³/mol. The Morgan fingerprint density at radius 3 is 2.56 bits per heavy atom. The predicted octanol–water partition coefficient (Wildman–Crippen LogP) is 0.890. The number of para-hydroxylation sites is 2. The zero-order valence-electron chi connectivity index (χ0n) is 15.3. The van der Waals surface area contributed by atoms with Gasteiger partial charge in [0.05, 0.1) is 11.0 Å². The van der Waals surface area contributed by atoms with E-state index in [4.69, 9.17) is 11.5 Å². The fraction of sp³-hybridized carbons (Fsp3) is 0.278. The van der Waals surface area contributed by atoms with E-state index in [0.29, 0.717) is 16.9 Å². The van der Waals surface area contributed by atoms with Crippen LogP contribution in [0, 0.1) is 0 Å². The maximum absolute atomic E-state index is 12.9. The van der Waals surface area contributed by atoms with Gasteiger partial charge in [-0.2, -0.15) is 4.99 Å². The molecule has 0 radical (unpaired) electrons. The van der Waals surface area contributed by atoms with Crippen molar-refractivity contribution in [2.45, 2.75) is 18.1 Å². The summed E-state index contributed by atoms with van der Waals surface area (Å²) in [6.07, 6.45) is 4.43. The van der Waals surface area contributed by atoms with Crippen molar-refractivity contribution in [1.82, 2.24) is 9.55 Å². The number of aryl methyl sites for hydroxylation is 1. The number of rotatable bonds is 3. The van der Waals surface area contributed by atoms with Crippen LogP contribution in [0.25, 0.3) is 11.0 Å². The number of nitrogens with two attached hydrogens (primary N) is 2. The van der Waals surface area contributed by atoms with Crippen molar-refractivity contribution in [3.05, 3.63) is 53.4 Å². The topological polar surface area (TPSA) is 133 Å². The number of benzene rings is 1. The van der Waals surface area contributed by atoms with E-state index >= 15 is 0 Å². The van der Waals surface area contributed by atoms with Crippen molar-refractivity contribution >= 4 is 32.7 Å². The van der Waals surface area contributed by atoms with E-state index < -0.39 is 20.5 Å². The molecular weight excluding hydrogens is 366 g/mol. The number of aromatic nitrogens is 2. The SMILES string of the molecule is CC1=CCC(c2nc3ccccc3n2C)(S(C)(=O)=O)C=C1C(=O)N=C(N)N. The summed E-state index contributed by atoms with van der Waals surface area (Å²) in [7, 11) is -1.94. The zero-order chi connectivity index (χ0) is 20.0. The first-order valence-electron chi connectivity index (χ1n) is 8.22. The molecule has 1 aliphatic carbocycles. The van der Waals surface area contributed by atoms with E-state index in [1.165, 1.54) is 6.08 Å². The number of imidazole rings is 1. The monoisotopic (exact) mass is 387 g/mol. The van der Waals surface area contributed by atoms with Crippen molar-refractivity contribution in [3.63, 3.8) is 0 Å². The average molecular weight is 387 g/mol. The molecule has 0 bridgehead atoms.